The summed E-state index contributed by atoms with van der Waals surface area (Å²) in [5, 5.41) is 3.26. The highest BCUT2D eigenvalue weighted by Gasteiger charge is 2.16. The van der Waals surface area contributed by atoms with Gasteiger partial charge < -0.3 is 19.5 Å². The number of hydrogen-bond donors (Lipinski definition) is 1. The number of carbonyl (C=O) groups excluding carboxylic acids is 1. The summed E-state index contributed by atoms with van der Waals surface area (Å²) in [4.78, 5) is 12.3. The molecule has 0 bridgehead atoms. The van der Waals surface area contributed by atoms with Gasteiger partial charge in [0.05, 0.1) is 18.6 Å². The number of rotatable bonds is 4. The van der Waals surface area contributed by atoms with E-state index in [1.54, 1.807) is 25.3 Å². The Morgan fingerprint density at radius 3 is 2.62 bits per heavy atom. The maximum Gasteiger partial charge on any atom is 0.228 e. The highest BCUT2D eigenvalue weighted by Crippen LogP contribution is 2.36. The van der Waals surface area contributed by atoms with E-state index < -0.39 is 0 Å². The molecular weight excluding hydrogens is 398 g/mol. The zero-order valence-electron chi connectivity index (χ0n) is 12.9. The van der Waals surface area contributed by atoms with Gasteiger partial charge in [-0.25, -0.2) is 0 Å². The van der Waals surface area contributed by atoms with Crippen LogP contribution < -0.4 is 19.5 Å². The second-order valence-corrected chi connectivity index (χ2v) is 6.42. The van der Waals surface area contributed by atoms with Crippen molar-refractivity contribution in [2.24, 2.45) is 0 Å². The molecule has 0 atom stereocenters. The third-order valence-electron chi connectivity index (χ3n) is 3.50. The maximum atomic E-state index is 12.3. The minimum atomic E-state index is -0.159. The highest BCUT2D eigenvalue weighted by atomic mass is 79.9. The second-order valence-electron chi connectivity index (χ2n) is 5.16. The Bertz CT molecular complexity index is 781. The molecule has 0 saturated heterocycles. The van der Waals surface area contributed by atoms with Crippen LogP contribution in [-0.4, -0.2) is 26.2 Å². The molecule has 0 aromatic heterocycles. The van der Waals surface area contributed by atoms with Gasteiger partial charge in [-0.15, -0.1) is 0 Å². The number of halogens is 2. The van der Waals surface area contributed by atoms with Crippen molar-refractivity contribution >= 4 is 39.1 Å². The number of ether oxygens (including phenoxy) is 3. The van der Waals surface area contributed by atoms with Crippen LogP contribution in [0.3, 0.4) is 0 Å². The highest BCUT2D eigenvalue weighted by molar-refractivity contribution is 9.10. The van der Waals surface area contributed by atoms with E-state index in [0.29, 0.717) is 41.2 Å². The second kappa shape index (κ2) is 7.32. The van der Waals surface area contributed by atoms with Gasteiger partial charge in [0.25, 0.3) is 0 Å². The minimum absolute atomic E-state index is 0.159. The average Bonchev–Trinajstić information content (AvgIpc) is 2.55. The molecule has 1 N–H and O–H groups in total. The SMILES string of the molecule is COc1ccc(NC(=O)Cc2cc3c(cc2Br)OCCO3)cc1Cl. The van der Waals surface area contributed by atoms with Gasteiger partial charge in [0, 0.05) is 10.2 Å². The fourth-order valence-corrected chi connectivity index (χ4v) is 3.08. The van der Waals surface area contributed by atoms with Crippen molar-refractivity contribution in [1.29, 1.82) is 0 Å². The number of anilines is 1. The van der Waals surface area contributed by atoms with Gasteiger partial charge >= 0.3 is 0 Å². The van der Waals surface area contributed by atoms with Crippen molar-refractivity contribution in [2.75, 3.05) is 25.6 Å². The number of nitrogens with one attached hydrogen (secondary N) is 1. The minimum Gasteiger partial charge on any atom is -0.495 e. The molecule has 3 rings (SSSR count). The summed E-state index contributed by atoms with van der Waals surface area (Å²) >= 11 is 9.53. The summed E-state index contributed by atoms with van der Waals surface area (Å²) < 4.78 is 17.0. The number of carbonyl (C=O) groups is 1. The first kappa shape index (κ1) is 16.9. The Morgan fingerprint density at radius 1 is 1.25 bits per heavy atom. The summed E-state index contributed by atoms with van der Waals surface area (Å²) in [6, 6.07) is 8.73. The van der Waals surface area contributed by atoms with Crippen LogP contribution >= 0.6 is 27.5 Å². The van der Waals surface area contributed by atoms with Crippen LogP contribution in [0.4, 0.5) is 5.69 Å². The smallest absolute Gasteiger partial charge is 0.228 e. The first-order chi connectivity index (χ1) is 11.6. The first-order valence-corrected chi connectivity index (χ1v) is 8.45. The summed E-state index contributed by atoms with van der Waals surface area (Å²) in [5.41, 5.74) is 1.43. The van der Waals surface area contributed by atoms with E-state index in [1.807, 2.05) is 12.1 Å². The molecule has 0 unspecified atom stereocenters. The van der Waals surface area contributed by atoms with Crippen LogP contribution in [0.2, 0.25) is 5.02 Å². The molecular formula is C17H15BrClNO4. The lowest BCUT2D eigenvalue weighted by molar-refractivity contribution is -0.115. The van der Waals surface area contributed by atoms with Crippen molar-refractivity contribution in [3.05, 3.63) is 45.4 Å². The van der Waals surface area contributed by atoms with E-state index in [0.717, 1.165) is 10.0 Å². The molecule has 1 heterocycles. The number of amides is 1. The van der Waals surface area contributed by atoms with Crippen LogP contribution in [0.5, 0.6) is 17.2 Å². The third-order valence-corrected chi connectivity index (χ3v) is 4.53. The monoisotopic (exact) mass is 411 g/mol. The lowest BCUT2D eigenvalue weighted by Gasteiger charge is -2.19. The zero-order chi connectivity index (χ0) is 17.1. The topological polar surface area (TPSA) is 56.8 Å². The number of methoxy groups -OCH3 is 1. The molecule has 0 spiro atoms. The number of fused-ring (bicyclic) bond motifs is 1. The molecule has 1 aliphatic rings. The zero-order valence-corrected chi connectivity index (χ0v) is 15.2. The summed E-state index contributed by atoms with van der Waals surface area (Å²) in [6.45, 7) is 1.03. The fraction of sp³-hybridized carbons (Fsp3) is 0.235. The van der Waals surface area contributed by atoms with E-state index in [4.69, 9.17) is 25.8 Å². The quantitative estimate of drug-likeness (QED) is 0.823. The predicted octanol–water partition coefficient (Wildman–Crippen LogP) is 4.06. The van der Waals surface area contributed by atoms with Crippen LogP contribution in [0, 0.1) is 0 Å². The number of hydrogen-bond acceptors (Lipinski definition) is 4. The van der Waals surface area contributed by atoms with E-state index in [9.17, 15) is 4.79 Å². The van der Waals surface area contributed by atoms with Crippen molar-refractivity contribution in [1.82, 2.24) is 0 Å². The van der Waals surface area contributed by atoms with E-state index in [1.165, 1.54) is 0 Å². The van der Waals surface area contributed by atoms with Crippen LogP contribution in [0.25, 0.3) is 0 Å². The standard InChI is InChI=1S/C17H15BrClNO4/c1-22-14-3-2-11(8-13(14)19)20-17(21)7-10-6-15-16(9-12(10)18)24-5-4-23-15/h2-3,6,8-9H,4-5,7H2,1H3,(H,20,21). The lowest BCUT2D eigenvalue weighted by atomic mass is 10.1. The van der Waals surface area contributed by atoms with Gasteiger partial charge in [0.2, 0.25) is 5.91 Å². The van der Waals surface area contributed by atoms with Crippen molar-refractivity contribution < 1.29 is 19.0 Å². The Labute approximate surface area is 153 Å². The molecule has 7 heteroatoms. The molecule has 0 aliphatic carbocycles. The van der Waals surface area contributed by atoms with Gasteiger partial charge in [-0.1, -0.05) is 27.5 Å². The molecule has 0 saturated carbocycles. The molecule has 2 aromatic rings. The Kier molecular flexibility index (Phi) is 5.16. The van der Waals surface area contributed by atoms with Crippen molar-refractivity contribution in [2.45, 2.75) is 6.42 Å². The molecule has 0 fully saturated rings. The van der Waals surface area contributed by atoms with Gasteiger partial charge in [-0.05, 0) is 35.9 Å². The number of benzene rings is 2. The summed E-state index contributed by atoms with van der Waals surface area (Å²) in [7, 11) is 1.54. The lowest BCUT2D eigenvalue weighted by Crippen LogP contribution is -2.17. The molecule has 24 heavy (non-hydrogen) atoms. The summed E-state index contributed by atoms with van der Waals surface area (Å²) in [5.74, 6) is 1.73. The van der Waals surface area contributed by atoms with Gasteiger partial charge in [0.15, 0.2) is 11.5 Å². The summed E-state index contributed by atoms with van der Waals surface area (Å²) in [6.07, 6.45) is 0.195. The van der Waals surface area contributed by atoms with E-state index in [2.05, 4.69) is 21.2 Å². The third kappa shape index (κ3) is 3.76. The fourth-order valence-electron chi connectivity index (χ4n) is 2.36. The Hall–Kier alpha value is -1.92. The Balaban J connectivity index is 1.72. The molecule has 5 nitrogen and oxygen atoms in total. The molecule has 2 aromatic carbocycles. The van der Waals surface area contributed by atoms with Crippen molar-refractivity contribution in [3.8, 4) is 17.2 Å². The van der Waals surface area contributed by atoms with Crippen molar-refractivity contribution in [3.63, 3.8) is 0 Å². The van der Waals surface area contributed by atoms with E-state index in [-0.39, 0.29) is 12.3 Å². The van der Waals surface area contributed by atoms with E-state index >= 15 is 0 Å². The first-order valence-electron chi connectivity index (χ1n) is 7.28. The molecule has 126 valence electrons. The normalized spacial score (nSPS) is 12.6. The molecule has 1 amide bonds. The van der Waals surface area contributed by atoms with Gasteiger partial charge in [-0.3, -0.25) is 4.79 Å². The van der Waals surface area contributed by atoms with Crippen LogP contribution in [-0.2, 0) is 11.2 Å². The van der Waals surface area contributed by atoms with Crippen LogP contribution in [0.1, 0.15) is 5.56 Å². The predicted molar refractivity (Wildman–Crippen MR) is 95.5 cm³/mol. The largest absolute Gasteiger partial charge is 0.495 e. The molecule has 0 radical (unpaired) electrons. The molecule has 1 aliphatic heterocycles. The van der Waals surface area contributed by atoms with Crippen LogP contribution in [0.15, 0.2) is 34.8 Å². The average molecular weight is 413 g/mol. The maximum absolute atomic E-state index is 12.3. The van der Waals surface area contributed by atoms with Gasteiger partial charge in [-0.2, -0.15) is 0 Å². The van der Waals surface area contributed by atoms with Gasteiger partial charge in [0.1, 0.15) is 19.0 Å². The Morgan fingerprint density at radius 2 is 1.96 bits per heavy atom.